The van der Waals surface area contributed by atoms with Crippen LogP contribution in [0.4, 0.5) is 0 Å². The zero-order valence-electron chi connectivity index (χ0n) is 14.8. The fourth-order valence-corrected chi connectivity index (χ4v) is 2.22. The lowest BCUT2D eigenvalue weighted by molar-refractivity contribution is 0.301. The fourth-order valence-electron chi connectivity index (χ4n) is 2.22. The number of para-hydroxylation sites is 1. The van der Waals surface area contributed by atoms with Gasteiger partial charge in [0.05, 0.1) is 6.54 Å². The van der Waals surface area contributed by atoms with E-state index in [1.807, 2.05) is 30.3 Å². The van der Waals surface area contributed by atoms with Crippen LogP contribution in [-0.2, 0) is 0 Å². The topological polar surface area (TPSA) is 48.9 Å². The first-order valence-electron chi connectivity index (χ1n) is 8.72. The van der Waals surface area contributed by atoms with Gasteiger partial charge in [0.25, 0.3) is 0 Å². The molecular weight excluding hydrogens is 288 g/mol. The lowest BCUT2D eigenvalue weighted by Gasteiger charge is -2.17. The average Bonchev–Trinajstić information content (AvgIpc) is 2.59. The van der Waals surface area contributed by atoms with Gasteiger partial charge in [-0.2, -0.15) is 0 Å². The first-order valence-corrected chi connectivity index (χ1v) is 8.72. The Labute approximate surface area is 141 Å². The number of nitrogens with zero attached hydrogens (tertiary/aromatic N) is 2. The van der Waals surface area contributed by atoms with E-state index in [0.717, 1.165) is 57.4 Å². The van der Waals surface area contributed by atoms with Gasteiger partial charge in [0.1, 0.15) is 12.4 Å². The highest BCUT2D eigenvalue weighted by Crippen LogP contribution is 2.07. The molecule has 1 rings (SSSR count). The van der Waals surface area contributed by atoms with Crippen molar-refractivity contribution in [3.8, 4) is 5.75 Å². The highest BCUT2D eigenvalue weighted by atomic mass is 16.5. The van der Waals surface area contributed by atoms with E-state index in [2.05, 4.69) is 41.3 Å². The smallest absolute Gasteiger partial charge is 0.191 e. The van der Waals surface area contributed by atoms with Gasteiger partial charge in [-0.3, -0.25) is 4.99 Å². The molecule has 23 heavy (non-hydrogen) atoms. The number of nitrogens with one attached hydrogen (secondary N) is 2. The van der Waals surface area contributed by atoms with Crippen molar-refractivity contribution < 1.29 is 4.74 Å². The molecule has 0 spiro atoms. The molecule has 0 bridgehead atoms. The van der Waals surface area contributed by atoms with Crippen LogP contribution in [0.25, 0.3) is 0 Å². The molecule has 0 radical (unpaired) electrons. The molecule has 0 fully saturated rings. The van der Waals surface area contributed by atoms with Crippen molar-refractivity contribution in [1.29, 1.82) is 0 Å². The van der Waals surface area contributed by atoms with Gasteiger partial charge in [0.2, 0.25) is 0 Å². The number of hydrogen-bond donors (Lipinski definition) is 2. The van der Waals surface area contributed by atoms with Crippen molar-refractivity contribution in [2.24, 2.45) is 4.99 Å². The van der Waals surface area contributed by atoms with Crippen molar-refractivity contribution in [3.05, 3.63) is 30.3 Å². The van der Waals surface area contributed by atoms with Gasteiger partial charge in [0, 0.05) is 13.1 Å². The predicted molar refractivity (Wildman–Crippen MR) is 98.3 cm³/mol. The maximum absolute atomic E-state index is 5.67. The van der Waals surface area contributed by atoms with Crippen LogP contribution >= 0.6 is 0 Å². The molecule has 1 aromatic rings. The standard InChI is InChI=1S/C18H32N4O/c1-4-19-18(20-13-10-15-22(5-2)6-3)21-14-16-23-17-11-8-7-9-12-17/h7-9,11-12H,4-6,10,13-16H2,1-3H3,(H2,19,20,21). The lowest BCUT2D eigenvalue weighted by atomic mass is 10.3. The van der Waals surface area contributed by atoms with Crippen molar-refractivity contribution in [2.75, 3.05) is 45.9 Å². The van der Waals surface area contributed by atoms with E-state index in [1.165, 1.54) is 0 Å². The summed E-state index contributed by atoms with van der Waals surface area (Å²) < 4.78 is 5.67. The van der Waals surface area contributed by atoms with E-state index < -0.39 is 0 Å². The molecule has 5 nitrogen and oxygen atoms in total. The summed E-state index contributed by atoms with van der Waals surface area (Å²) in [5.41, 5.74) is 0. The van der Waals surface area contributed by atoms with E-state index in [0.29, 0.717) is 6.61 Å². The van der Waals surface area contributed by atoms with Crippen LogP contribution in [0.5, 0.6) is 5.75 Å². The van der Waals surface area contributed by atoms with Crippen LogP contribution in [0.3, 0.4) is 0 Å². The van der Waals surface area contributed by atoms with Gasteiger partial charge in [-0.05, 0) is 45.1 Å². The van der Waals surface area contributed by atoms with E-state index in [4.69, 9.17) is 4.74 Å². The quantitative estimate of drug-likeness (QED) is 0.373. The highest BCUT2D eigenvalue weighted by Gasteiger charge is 1.99. The molecule has 0 aliphatic heterocycles. The molecule has 0 unspecified atom stereocenters. The van der Waals surface area contributed by atoms with Gasteiger partial charge < -0.3 is 20.3 Å². The summed E-state index contributed by atoms with van der Waals surface area (Å²) in [6, 6.07) is 9.87. The van der Waals surface area contributed by atoms with Gasteiger partial charge in [-0.15, -0.1) is 0 Å². The van der Waals surface area contributed by atoms with Crippen LogP contribution < -0.4 is 15.4 Å². The second kappa shape index (κ2) is 12.8. The van der Waals surface area contributed by atoms with Crippen LogP contribution in [-0.4, -0.2) is 56.7 Å². The molecule has 0 heterocycles. The first-order chi connectivity index (χ1) is 11.3. The summed E-state index contributed by atoms with van der Waals surface area (Å²) in [4.78, 5) is 7.03. The zero-order chi connectivity index (χ0) is 16.8. The molecule has 0 saturated carbocycles. The van der Waals surface area contributed by atoms with Crippen LogP contribution in [0.1, 0.15) is 27.2 Å². The number of aliphatic imine (C=N–C) groups is 1. The summed E-state index contributed by atoms with van der Waals surface area (Å²) in [7, 11) is 0. The van der Waals surface area contributed by atoms with Gasteiger partial charge in [-0.25, -0.2) is 0 Å². The molecule has 2 N–H and O–H groups in total. The summed E-state index contributed by atoms with van der Waals surface area (Å²) >= 11 is 0. The van der Waals surface area contributed by atoms with Gasteiger partial charge in [0.15, 0.2) is 5.96 Å². The third kappa shape index (κ3) is 9.08. The summed E-state index contributed by atoms with van der Waals surface area (Å²) in [6.45, 7) is 12.8. The molecule has 5 heteroatoms. The Morgan fingerprint density at radius 1 is 1.09 bits per heavy atom. The molecule has 0 amide bonds. The highest BCUT2D eigenvalue weighted by molar-refractivity contribution is 5.79. The number of hydrogen-bond acceptors (Lipinski definition) is 3. The normalized spacial score (nSPS) is 11.6. The minimum Gasteiger partial charge on any atom is -0.492 e. The lowest BCUT2D eigenvalue weighted by Crippen LogP contribution is -2.39. The summed E-state index contributed by atoms with van der Waals surface area (Å²) in [5.74, 6) is 1.76. The van der Waals surface area contributed by atoms with E-state index in [9.17, 15) is 0 Å². The SMILES string of the molecule is CCNC(=NCCCN(CC)CC)NCCOc1ccccc1. The fraction of sp³-hybridized carbons (Fsp3) is 0.611. The molecule has 0 saturated heterocycles. The van der Waals surface area contributed by atoms with Gasteiger partial charge in [-0.1, -0.05) is 32.0 Å². The van der Waals surface area contributed by atoms with Crippen molar-refractivity contribution in [2.45, 2.75) is 27.2 Å². The Morgan fingerprint density at radius 2 is 1.83 bits per heavy atom. The predicted octanol–water partition coefficient (Wildman–Crippen LogP) is 2.35. The third-order valence-corrected chi connectivity index (χ3v) is 3.55. The zero-order valence-corrected chi connectivity index (χ0v) is 14.8. The minimum absolute atomic E-state index is 0.619. The van der Waals surface area contributed by atoms with E-state index in [-0.39, 0.29) is 0 Å². The molecule has 0 aliphatic rings. The Bertz CT molecular complexity index is 418. The maximum atomic E-state index is 5.67. The molecule has 0 aliphatic carbocycles. The van der Waals surface area contributed by atoms with Crippen LogP contribution in [0.2, 0.25) is 0 Å². The molecule has 0 aromatic heterocycles. The molecule has 1 aromatic carbocycles. The van der Waals surface area contributed by atoms with Crippen molar-refractivity contribution >= 4 is 5.96 Å². The van der Waals surface area contributed by atoms with E-state index >= 15 is 0 Å². The van der Waals surface area contributed by atoms with Crippen molar-refractivity contribution in [3.63, 3.8) is 0 Å². The minimum atomic E-state index is 0.619. The molecule has 0 atom stereocenters. The largest absolute Gasteiger partial charge is 0.492 e. The number of ether oxygens (including phenoxy) is 1. The summed E-state index contributed by atoms with van der Waals surface area (Å²) in [5, 5.41) is 6.57. The number of benzene rings is 1. The number of guanidine groups is 1. The van der Waals surface area contributed by atoms with Crippen molar-refractivity contribution in [1.82, 2.24) is 15.5 Å². The van der Waals surface area contributed by atoms with Gasteiger partial charge >= 0.3 is 0 Å². The van der Waals surface area contributed by atoms with E-state index in [1.54, 1.807) is 0 Å². The second-order valence-corrected chi connectivity index (χ2v) is 5.23. The average molecular weight is 320 g/mol. The first kappa shape index (κ1) is 19.3. The Morgan fingerprint density at radius 3 is 2.48 bits per heavy atom. The Kier molecular flexibility index (Phi) is 10.7. The molecular formula is C18H32N4O. The van der Waals surface area contributed by atoms with Crippen LogP contribution in [0, 0.1) is 0 Å². The summed E-state index contributed by atoms with van der Waals surface area (Å²) in [6.07, 6.45) is 1.08. The third-order valence-electron chi connectivity index (χ3n) is 3.55. The second-order valence-electron chi connectivity index (χ2n) is 5.23. The monoisotopic (exact) mass is 320 g/mol. The Hall–Kier alpha value is -1.75. The molecule has 130 valence electrons. The number of rotatable bonds is 11. The van der Waals surface area contributed by atoms with Crippen LogP contribution in [0.15, 0.2) is 35.3 Å². The Balaban J connectivity index is 2.23. The maximum Gasteiger partial charge on any atom is 0.191 e.